The van der Waals surface area contributed by atoms with Gasteiger partial charge in [0.15, 0.2) is 6.10 Å². The van der Waals surface area contributed by atoms with Crippen molar-refractivity contribution >= 4 is 12.0 Å². The number of aliphatic hydroxyl groups excluding tert-OH is 4. The molecule has 0 saturated heterocycles. The summed E-state index contributed by atoms with van der Waals surface area (Å²) in [4.78, 5) is 24.4. The van der Waals surface area contributed by atoms with Crippen molar-refractivity contribution in [2.24, 2.45) is 5.11 Å². The number of hydrogen-bond donors (Lipinski definition) is 6. The van der Waals surface area contributed by atoms with Gasteiger partial charge in [-0.25, -0.2) is 4.79 Å². The van der Waals surface area contributed by atoms with Crippen LogP contribution in [0.1, 0.15) is 0 Å². The van der Waals surface area contributed by atoms with Gasteiger partial charge in [-0.3, -0.25) is 4.79 Å². The third kappa shape index (κ3) is 4.07. The Balaban J connectivity index is 3.08. The molecule has 122 valence electrons. The molecule has 0 bridgehead atoms. The number of carboxylic acids is 1. The van der Waals surface area contributed by atoms with Crippen molar-refractivity contribution in [2.75, 3.05) is 6.61 Å². The molecule has 0 spiro atoms. The molecule has 12 heteroatoms. The summed E-state index contributed by atoms with van der Waals surface area (Å²) >= 11 is 0. The summed E-state index contributed by atoms with van der Waals surface area (Å²) in [6, 6.07) is -2.63. The SMILES string of the molecule is [N-]=[N+]=NC(=O)N[C@H]1[C@H]([C@H](O)[C@H](O)CO)OC(C(=O)O)=C[C@@H]1O. The van der Waals surface area contributed by atoms with Crippen molar-refractivity contribution in [3.63, 3.8) is 0 Å². The zero-order chi connectivity index (χ0) is 16.9. The number of urea groups is 1. The van der Waals surface area contributed by atoms with E-state index in [2.05, 4.69) is 10.0 Å². The van der Waals surface area contributed by atoms with Crippen LogP contribution in [0.2, 0.25) is 0 Å². The van der Waals surface area contributed by atoms with E-state index in [1.54, 1.807) is 0 Å². The fraction of sp³-hybridized carbons (Fsp3) is 0.600. The molecule has 0 unspecified atom stereocenters. The average molecular weight is 318 g/mol. The number of nitrogens with zero attached hydrogens (tertiary/aromatic N) is 3. The lowest BCUT2D eigenvalue weighted by Crippen LogP contribution is -2.59. The van der Waals surface area contributed by atoms with Crippen LogP contribution >= 0.6 is 0 Å². The molecule has 2 amide bonds. The third-order valence-electron chi connectivity index (χ3n) is 2.86. The van der Waals surface area contributed by atoms with Crippen molar-refractivity contribution in [1.29, 1.82) is 0 Å². The predicted octanol–water partition coefficient (Wildman–Crippen LogP) is -2.18. The molecule has 0 saturated carbocycles. The van der Waals surface area contributed by atoms with E-state index in [0.29, 0.717) is 0 Å². The maximum Gasteiger partial charge on any atom is 0.370 e. The first-order valence-electron chi connectivity index (χ1n) is 5.94. The third-order valence-corrected chi connectivity index (χ3v) is 2.86. The lowest BCUT2D eigenvalue weighted by molar-refractivity contribution is -0.147. The number of aliphatic carboxylic acids is 1. The number of aliphatic hydroxyl groups is 4. The molecule has 5 atom stereocenters. The number of rotatable bonds is 5. The fourth-order valence-electron chi connectivity index (χ4n) is 1.82. The van der Waals surface area contributed by atoms with Crippen LogP contribution in [0.15, 0.2) is 16.9 Å². The molecule has 0 aliphatic carbocycles. The summed E-state index contributed by atoms with van der Waals surface area (Å²) in [5.74, 6) is -2.26. The number of nitrogens with one attached hydrogen (secondary N) is 1. The molecule has 22 heavy (non-hydrogen) atoms. The number of azide groups is 1. The minimum absolute atomic E-state index is 0.712. The standard InChI is InChI=1S/C10H14N4O8/c11-14-13-10(21)12-6-3(16)1-5(9(19)20)22-8(6)7(18)4(17)2-15/h1,3-4,6-8,15-18H,2H2,(H,12,21)(H,19,20)/t3-,4+,6+,7+,8+/m0/s1. The van der Waals surface area contributed by atoms with Gasteiger partial charge < -0.3 is 35.6 Å². The van der Waals surface area contributed by atoms with Crippen LogP contribution in [-0.2, 0) is 9.53 Å². The maximum absolute atomic E-state index is 11.3. The lowest BCUT2D eigenvalue weighted by Gasteiger charge is -2.37. The molecule has 0 aromatic carbocycles. The van der Waals surface area contributed by atoms with Gasteiger partial charge in [0.1, 0.15) is 18.3 Å². The minimum atomic E-state index is -1.83. The molecular formula is C10H14N4O8. The van der Waals surface area contributed by atoms with E-state index in [-0.39, 0.29) is 0 Å². The predicted molar refractivity (Wildman–Crippen MR) is 67.2 cm³/mol. The van der Waals surface area contributed by atoms with Crippen molar-refractivity contribution < 1.29 is 39.9 Å². The van der Waals surface area contributed by atoms with E-state index in [0.717, 1.165) is 6.08 Å². The van der Waals surface area contributed by atoms with E-state index in [4.69, 9.17) is 20.5 Å². The van der Waals surface area contributed by atoms with E-state index in [1.807, 2.05) is 5.32 Å². The van der Waals surface area contributed by atoms with Crippen LogP contribution in [0.4, 0.5) is 4.79 Å². The number of hydrogen-bond acceptors (Lipinski definition) is 7. The Kier molecular flexibility index (Phi) is 6.10. The smallest absolute Gasteiger partial charge is 0.370 e. The summed E-state index contributed by atoms with van der Waals surface area (Å²) in [5, 5.41) is 51.5. The van der Waals surface area contributed by atoms with Gasteiger partial charge in [-0.1, -0.05) is 0 Å². The molecule has 6 N–H and O–H groups in total. The highest BCUT2D eigenvalue weighted by atomic mass is 16.5. The highest BCUT2D eigenvalue weighted by Crippen LogP contribution is 2.23. The van der Waals surface area contributed by atoms with E-state index >= 15 is 0 Å². The van der Waals surface area contributed by atoms with Gasteiger partial charge in [-0.15, -0.1) is 0 Å². The highest BCUT2D eigenvalue weighted by Gasteiger charge is 2.43. The normalized spacial score (nSPS) is 26.7. The van der Waals surface area contributed by atoms with Gasteiger partial charge in [0.2, 0.25) is 5.76 Å². The van der Waals surface area contributed by atoms with Gasteiger partial charge in [0.25, 0.3) is 0 Å². The second kappa shape index (κ2) is 7.59. The topological polar surface area (TPSA) is 205 Å². The molecule has 1 aliphatic rings. The minimum Gasteiger partial charge on any atom is -0.478 e. The lowest BCUT2D eigenvalue weighted by atomic mass is 9.94. The van der Waals surface area contributed by atoms with Crippen molar-refractivity contribution in [3.8, 4) is 0 Å². The van der Waals surface area contributed by atoms with Crippen molar-refractivity contribution in [2.45, 2.75) is 30.5 Å². The van der Waals surface area contributed by atoms with Crippen LogP contribution in [0.3, 0.4) is 0 Å². The number of carbonyl (C=O) groups is 2. The molecular weight excluding hydrogens is 304 g/mol. The molecule has 1 heterocycles. The van der Waals surface area contributed by atoms with Crippen molar-refractivity contribution in [1.82, 2.24) is 5.32 Å². The van der Waals surface area contributed by atoms with E-state index in [1.165, 1.54) is 0 Å². The Bertz CT molecular complexity index is 517. The number of ether oxygens (including phenoxy) is 1. The Morgan fingerprint density at radius 1 is 1.50 bits per heavy atom. The summed E-state index contributed by atoms with van der Waals surface area (Å²) in [6.45, 7) is -0.875. The Hall–Kier alpha value is -2.37. The molecule has 0 aromatic rings. The molecule has 12 nitrogen and oxygen atoms in total. The van der Waals surface area contributed by atoms with E-state index in [9.17, 15) is 24.9 Å². The van der Waals surface area contributed by atoms with Crippen molar-refractivity contribution in [3.05, 3.63) is 22.3 Å². The monoisotopic (exact) mass is 318 g/mol. The van der Waals surface area contributed by atoms with Gasteiger partial charge in [0, 0.05) is 10.0 Å². The maximum atomic E-state index is 11.3. The molecule has 0 aromatic heterocycles. The largest absolute Gasteiger partial charge is 0.478 e. The van der Waals surface area contributed by atoms with Crippen LogP contribution in [-0.4, -0.2) is 74.6 Å². The summed E-state index contributed by atoms with van der Waals surface area (Å²) in [7, 11) is 0. The van der Waals surface area contributed by atoms with Crippen LogP contribution in [0, 0.1) is 0 Å². The molecule has 1 rings (SSSR count). The van der Waals surface area contributed by atoms with Gasteiger partial charge >= 0.3 is 12.0 Å². The van der Waals surface area contributed by atoms with Gasteiger partial charge in [0.05, 0.1) is 12.6 Å². The number of carboxylic acid groups (broad SMARTS) is 1. The second-order valence-electron chi connectivity index (χ2n) is 4.31. The second-order valence-corrected chi connectivity index (χ2v) is 4.31. The van der Waals surface area contributed by atoms with Crippen LogP contribution in [0.25, 0.3) is 10.4 Å². The Morgan fingerprint density at radius 3 is 2.64 bits per heavy atom. The zero-order valence-corrected chi connectivity index (χ0v) is 11.0. The van der Waals surface area contributed by atoms with Gasteiger partial charge in [-0.05, 0) is 11.6 Å². The summed E-state index contributed by atoms with van der Waals surface area (Å²) in [5.41, 5.74) is 8.14. The van der Waals surface area contributed by atoms with Crippen LogP contribution in [0.5, 0.6) is 0 Å². The first-order valence-corrected chi connectivity index (χ1v) is 5.94. The molecule has 0 fully saturated rings. The Labute approximate surface area is 122 Å². The molecule has 1 aliphatic heterocycles. The summed E-state index contributed by atoms with van der Waals surface area (Å²) in [6.07, 6.45) is -6.00. The quantitative estimate of drug-likeness (QED) is 0.186. The zero-order valence-electron chi connectivity index (χ0n) is 11.0. The first kappa shape index (κ1) is 17.7. The van der Waals surface area contributed by atoms with Gasteiger partial charge in [-0.2, -0.15) is 0 Å². The van der Waals surface area contributed by atoms with Crippen LogP contribution < -0.4 is 5.32 Å². The first-order chi connectivity index (χ1) is 10.3. The fourth-order valence-corrected chi connectivity index (χ4v) is 1.82. The average Bonchev–Trinajstić information content (AvgIpc) is 2.47. The number of carbonyl (C=O) groups excluding carboxylic acids is 1. The summed E-state index contributed by atoms with van der Waals surface area (Å²) < 4.78 is 4.93. The molecule has 0 radical (unpaired) electrons. The van der Waals surface area contributed by atoms with E-state index < -0.39 is 54.8 Å². The highest BCUT2D eigenvalue weighted by molar-refractivity contribution is 5.84. The number of amides is 2. The Morgan fingerprint density at radius 2 is 2.14 bits per heavy atom.